The van der Waals surface area contributed by atoms with Crippen LogP contribution in [0.5, 0.6) is 5.75 Å². The van der Waals surface area contributed by atoms with Crippen molar-refractivity contribution in [1.29, 1.82) is 0 Å². The number of amides is 1. The molecule has 2 atom stereocenters. The van der Waals surface area contributed by atoms with E-state index in [1.807, 2.05) is 30.3 Å². The first-order valence-corrected chi connectivity index (χ1v) is 11.7. The van der Waals surface area contributed by atoms with Gasteiger partial charge in [0.2, 0.25) is 0 Å². The molecule has 0 fully saturated rings. The molecule has 4 aromatic rings. The molecule has 0 saturated carbocycles. The minimum atomic E-state index is -1.13. The fourth-order valence-electron chi connectivity index (χ4n) is 4.77. The molecule has 0 bridgehead atoms. The summed E-state index contributed by atoms with van der Waals surface area (Å²) >= 11 is 0. The average Bonchev–Trinajstić information content (AvgIpc) is 3.26. The van der Waals surface area contributed by atoms with Gasteiger partial charge in [0, 0.05) is 40.5 Å². The van der Waals surface area contributed by atoms with E-state index in [4.69, 9.17) is 9.15 Å². The van der Waals surface area contributed by atoms with E-state index in [1.165, 1.54) is 0 Å². The number of carboxylic acid groups (broad SMARTS) is 1. The number of carboxylic acids is 1. The van der Waals surface area contributed by atoms with Crippen molar-refractivity contribution in [3.05, 3.63) is 75.8 Å². The van der Waals surface area contributed by atoms with Gasteiger partial charge in [0.1, 0.15) is 17.4 Å². The molecule has 2 heterocycles. The Morgan fingerprint density at radius 3 is 2.69 bits per heavy atom. The summed E-state index contributed by atoms with van der Waals surface area (Å²) in [5, 5.41) is 14.1. The number of aliphatic carboxylic acids is 1. The van der Waals surface area contributed by atoms with Crippen LogP contribution in [0.2, 0.25) is 0 Å². The van der Waals surface area contributed by atoms with Crippen molar-refractivity contribution in [2.45, 2.75) is 51.2 Å². The quantitative estimate of drug-likeness (QED) is 0.351. The lowest BCUT2D eigenvalue weighted by atomic mass is 9.91. The number of ether oxygens (including phenoxy) is 1. The van der Waals surface area contributed by atoms with E-state index in [9.17, 15) is 19.5 Å². The monoisotopic (exact) mass is 474 g/mol. The summed E-state index contributed by atoms with van der Waals surface area (Å²) in [6, 6.07) is 11.7. The minimum Gasteiger partial charge on any atom is -0.481 e. The molecule has 0 spiro atoms. The second-order valence-corrected chi connectivity index (χ2v) is 8.93. The largest absolute Gasteiger partial charge is 0.481 e. The Morgan fingerprint density at radius 2 is 1.89 bits per heavy atom. The van der Waals surface area contributed by atoms with Crippen molar-refractivity contribution in [1.82, 2.24) is 10.3 Å². The molecular formula is C27H26N2O6. The topological polar surface area (TPSA) is 122 Å². The molecule has 5 rings (SSSR count). The van der Waals surface area contributed by atoms with Gasteiger partial charge in [-0.25, -0.2) is 9.59 Å². The first-order chi connectivity index (χ1) is 16.9. The lowest BCUT2D eigenvalue weighted by molar-refractivity contribution is -0.142. The van der Waals surface area contributed by atoms with E-state index in [0.29, 0.717) is 11.3 Å². The average molecular weight is 475 g/mol. The lowest BCUT2D eigenvalue weighted by Gasteiger charge is -2.19. The maximum atomic E-state index is 12.8. The van der Waals surface area contributed by atoms with Gasteiger partial charge in [-0.2, -0.15) is 0 Å². The number of carbonyl (C=O) groups is 2. The molecule has 35 heavy (non-hydrogen) atoms. The zero-order chi connectivity index (χ0) is 24.5. The van der Waals surface area contributed by atoms with E-state index >= 15 is 0 Å². The van der Waals surface area contributed by atoms with Gasteiger partial charge in [0.15, 0.2) is 6.10 Å². The zero-order valence-corrected chi connectivity index (χ0v) is 19.3. The number of fused-ring (bicyclic) bond motifs is 4. The SMILES string of the molecule is CC(Oc1ccc2c3c(c(=O)oc2c1)CCCC3)C(=O)NC(Cc1c[nH]c2ccccc12)C(=O)O. The van der Waals surface area contributed by atoms with Crippen LogP contribution in [0.3, 0.4) is 0 Å². The van der Waals surface area contributed by atoms with E-state index < -0.39 is 24.0 Å². The van der Waals surface area contributed by atoms with Gasteiger partial charge in [0.05, 0.1) is 0 Å². The van der Waals surface area contributed by atoms with Crippen LogP contribution in [-0.2, 0) is 28.9 Å². The molecule has 1 aliphatic rings. The number of aromatic nitrogens is 1. The number of nitrogens with one attached hydrogen (secondary N) is 2. The number of H-pyrrole nitrogens is 1. The van der Waals surface area contributed by atoms with Gasteiger partial charge in [0.25, 0.3) is 5.91 Å². The third kappa shape index (κ3) is 4.51. The molecule has 8 nitrogen and oxygen atoms in total. The van der Waals surface area contributed by atoms with Gasteiger partial charge in [-0.3, -0.25) is 4.79 Å². The molecule has 2 aromatic carbocycles. The van der Waals surface area contributed by atoms with Crippen LogP contribution in [0.1, 0.15) is 36.5 Å². The molecule has 0 radical (unpaired) electrons. The van der Waals surface area contributed by atoms with Crippen LogP contribution in [0.15, 0.2) is 57.9 Å². The molecule has 2 unspecified atom stereocenters. The molecule has 8 heteroatoms. The number of hydrogen-bond donors (Lipinski definition) is 3. The second kappa shape index (κ2) is 9.29. The fourth-order valence-corrected chi connectivity index (χ4v) is 4.77. The molecule has 180 valence electrons. The third-order valence-electron chi connectivity index (χ3n) is 6.59. The molecule has 1 amide bonds. The van der Waals surface area contributed by atoms with E-state index in [0.717, 1.165) is 58.7 Å². The lowest BCUT2D eigenvalue weighted by Crippen LogP contribution is -2.47. The van der Waals surface area contributed by atoms with Crippen molar-refractivity contribution in [3.8, 4) is 5.75 Å². The maximum absolute atomic E-state index is 12.8. The van der Waals surface area contributed by atoms with Crippen molar-refractivity contribution in [2.24, 2.45) is 0 Å². The summed E-state index contributed by atoms with van der Waals surface area (Å²) in [7, 11) is 0. The third-order valence-corrected chi connectivity index (χ3v) is 6.59. The summed E-state index contributed by atoms with van der Waals surface area (Å²) in [5.41, 5.74) is 3.58. The summed E-state index contributed by atoms with van der Waals surface area (Å²) < 4.78 is 11.3. The van der Waals surface area contributed by atoms with Gasteiger partial charge in [-0.05, 0) is 61.9 Å². The Morgan fingerprint density at radius 1 is 1.11 bits per heavy atom. The normalized spacial score (nSPS) is 14.9. The Hall–Kier alpha value is -4.07. The number of para-hydroxylation sites is 1. The van der Waals surface area contributed by atoms with Crippen LogP contribution < -0.4 is 15.7 Å². The molecule has 0 saturated heterocycles. The minimum absolute atomic E-state index is 0.129. The van der Waals surface area contributed by atoms with Crippen LogP contribution in [0.4, 0.5) is 0 Å². The highest BCUT2D eigenvalue weighted by Gasteiger charge is 2.26. The predicted molar refractivity (Wildman–Crippen MR) is 131 cm³/mol. The van der Waals surface area contributed by atoms with E-state index in [1.54, 1.807) is 25.3 Å². The summed E-state index contributed by atoms with van der Waals surface area (Å²) in [4.78, 5) is 40.2. The highest BCUT2D eigenvalue weighted by Crippen LogP contribution is 2.29. The van der Waals surface area contributed by atoms with E-state index in [-0.39, 0.29) is 12.0 Å². The maximum Gasteiger partial charge on any atom is 0.339 e. The highest BCUT2D eigenvalue weighted by molar-refractivity contribution is 5.88. The van der Waals surface area contributed by atoms with Gasteiger partial charge < -0.3 is 24.6 Å². The molecule has 0 aliphatic heterocycles. The number of benzene rings is 2. The predicted octanol–water partition coefficient (Wildman–Crippen LogP) is 3.73. The standard InChI is InChI=1S/C27H26N2O6/c1-15(25(30)29-23(26(31)32)12-16-14-28-22-9-5-4-6-18(16)22)34-17-10-11-20-19-7-2-3-8-21(19)27(33)35-24(20)13-17/h4-6,9-11,13-15,23,28H,2-3,7-8,12H2,1H3,(H,29,30)(H,31,32). The number of aryl methyl sites for hydroxylation is 1. The first kappa shape index (κ1) is 22.7. The summed E-state index contributed by atoms with van der Waals surface area (Å²) in [5.74, 6) is -1.32. The number of rotatable bonds is 7. The van der Waals surface area contributed by atoms with Gasteiger partial charge >= 0.3 is 11.6 Å². The van der Waals surface area contributed by atoms with E-state index in [2.05, 4.69) is 10.3 Å². The zero-order valence-electron chi connectivity index (χ0n) is 19.3. The number of aromatic amines is 1. The fraction of sp³-hybridized carbons (Fsp3) is 0.296. The summed E-state index contributed by atoms with van der Waals surface area (Å²) in [6.07, 6.45) is 4.51. The number of hydrogen-bond acceptors (Lipinski definition) is 5. The van der Waals surface area contributed by atoms with Crippen LogP contribution >= 0.6 is 0 Å². The van der Waals surface area contributed by atoms with Gasteiger partial charge in [-0.15, -0.1) is 0 Å². The van der Waals surface area contributed by atoms with Crippen LogP contribution in [0, 0.1) is 0 Å². The molecular weight excluding hydrogens is 448 g/mol. The molecule has 1 aliphatic carbocycles. The van der Waals surface area contributed by atoms with Gasteiger partial charge in [-0.1, -0.05) is 18.2 Å². The Kier molecular flexibility index (Phi) is 6.03. The Labute approximate surface area is 200 Å². The van der Waals surface area contributed by atoms with Crippen molar-refractivity contribution in [3.63, 3.8) is 0 Å². The molecule has 2 aromatic heterocycles. The second-order valence-electron chi connectivity index (χ2n) is 8.93. The Bertz CT molecular complexity index is 1480. The highest BCUT2D eigenvalue weighted by atomic mass is 16.5. The van der Waals surface area contributed by atoms with Crippen LogP contribution in [-0.4, -0.2) is 34.1 Å². The van der Waals surface area contributed by atoms with Crippen LogP contribution in [0.25, 0.3) is 21.9 Å². The van der Waals surface area contributed by atoms with Crippen molar-refractivity contribution >= 4 is 33.7 Å². The smallest absolute Gasteiger partial charge is 0.339 e. The molecule has 3 N–H and O–H groups in total. The first-order valence-electron chi connectivity index (χ1n) is 11.7. The van der Waals surface area contributed by atoms with Crippen molar-refractivity contribution in [2.75, 3.05) is 0 Å². The van der Waals surface area contributed by atoms with Crippen molar-refractivity contribution < 1.29 is 23.8 Å². The Balaban J connectivity index is 1.30. The number of carbonyl (C=O) groups excluding carboxylic acids is 1. The summed E-state index contributed by atoms with van der Waals surface area (Å²) in [6.45, 7) is 1.55.